The average molecular weight is 477 g/mol. The van der Waals surface area contributed by atoms with Crippen molar-refractivity contribution < 1.29 is 18.0 Å². The van der Waals surface area contributed by atoms with E-state index in [0.29, 0.717) is 16.5 Å². The van der Waals surface area contributed by atoms with Gasteiger partial charge in [0.25, 0.3) is 5.91 Å². The highest BCUT2D eigenvalue weighted by Gasteiger charge is 2.40. The van der Waals surface area contributed by atoms with Crippen LogP contribution in [0.3, 0.4) is 0 Å². The molecule has 4 aromatic rings. The lowest BCUT2D eigenvalue weighted by Crippen LogP contribution is -2.21. The molecule has 1 amide bonds. The van der Waals surface area contributed by atoms with E-state index in [1.54, 1.807) is 18.2 Å². The maximum absolute atomic E-state index is 14.1. The number of halogens is 5. The summed E-state index contributed by atoms with van der Waals surface area (Å²) < 4.78 is 43.1. The van der Waals surface area contributed by atoms with Crippen LogP contribution in [0.4, 0.5) is 18.9 Å². The summed E-state index contributed by atoms with van der Waals surface area (Å²) in [5.74, 6) is -0.753. The molecule has 0 spiro atoms. The van der Waals surface area contributed by atoms with Crippen molar-refractivity contribution in [1.29, 1.82) is 0 Å². The van der Waals surface area contributed by atoms with Crippen LogP contribution in [0.15, 0.2) is 48.5 Å². The first-order valence-electron chi connectivity index (χ1n) is 9.57. The van der Waals surface area contributed by atoms with Crippen LogP contribution in [0.25, 0.3) is 16.9 Å². The van der Waals surface area contributed by atoms with Gasteiger partial charge in [0, 0.05) is 17.2 Å². The van der Waals surface area contributed by atoms with Gasteiger partial charge in [-0.1, -0.05) is 53.5 Å². The van der Waals surface area contributed by atoms with E-state index in [2.05, 4.69) is 15.4 Å². The van der Waals surface area contributed by atoms with Crippen molar-refractivity contribution in [3.63, 3.8) is 0 Å². The minimum Gasteiger partial charge on any atom is -0.318 e. The van der Waals surface area contributed by atoms with Gasteiger partial charge in [-0.15, -0.1) is 0 Å². The van der Waals surface area contributed by atoms with Crippen LogP contribution in [-0.2, 0) is 19.0 Å². The maximum Gasteiger partial charge on any atom is 0.433 e. The molecule has 0 fully saturated rings. The lowest BCUT2D eigenvalue weighted by atomic mass is 9.88. The van der Waals surface area contributed by atoms with Gasteiger partial charge < -0.3 is 5.32 Å². The largest absolute Gasteiger partial charge is 0.433 e. The molecule has 2 aromatic carbocycles. The summed E-state index contributed by atoms with van der Waals surface area (Å²) in [5, 5.41) is 6.83. The third-order valence-electron chi connectivity index (χ3n) is 5.32. The number of carbonyl (C=O) groups excluding carboxylic acids is 1. The normalized spacial score (nSPS) is 13.0. The van der Waals surface area contributed by atoms with E-state index >= 15 is 0 Å². The van der Waals surface area contributed by atoms with Gasteiger partial charge in [-0.3, -0.25) is 4.79 Å². The van der Waals surface area contributed by atoms with Crippen LogP contribution < -0.4 is 5.32 Å². The number of hydrogen-bond donors (Lipinski definition) is 1. The van der Waals surface area contributed by atoms with E-state index in [1.165, 1.54) is 18.2 Å². The van der Waals surface area contributed by atoms with Crippen molar-refractivity contribution in [1.82, 2.24) is 14.6 Å². The van der Waals surface area contributed by atoms with Gasteiger partial charge in [0.05, 0.1) is 21.4 Å². The second kappa shape index (κ2) is 7.50. The highest BCUT2D eigenvalue weighted by atomic mass is 35.5. The Bertz CT molecular complexity index is 1380. The summed E-state index contributed by atoms with van der Waals surface area (Å²) in [6.45, 7) is 0. The van der Waals surface area contributed by atoms with Crippen molar-refractivity contribution in [2.45, 2.75) is 19.0 Å². The Morgan fingerprint density at radius 2 is 1.75 bits per heavy atom. The third-order valence-corrected chi connectivity index (χ3v) is 5.95. The lowest BCUT2D eigenvalue weighted by molar-refractivity contribution is -0.143. The summed E-state index contributed by atoms with van der Waals surface area (Å²) in [7, 11) is 0. The molecule has 0 saturated carbocycles. The number of aryl methyl sites for hydroxylation is 1. The number of amides is 1. The van der Waals surface area contributed by atoms with E-state index in [1.807, 2.05) is 12.1 Å². The van der Waals surface area contributed by atoms with Crippen LogP contribution >= 0.6 is 23.2 Å². The number of fused-ring (bicyclic) bond motifs is 4. The standard InChI is InChI=1S/C22H13Cl2F3N4O/c23-14-6-3-7-15(24)19(14)29-21(32)16-10-17-28-18-12-5-2-1-4-11(12)8-9-13(18)20(22(25,26)27)31(17)30-16/h1-7,10H,8-9H2,(H,29,32). The summed E-state index contributed by atoms with van der Waals surface area (Å²) >= 11 is 12.1. The average Bonchev–Trinajstić information content (AvgIpc) is 3.17. The molecule has 10 heteroatoms. The lowest BCUT2D eigenvalue weighted by Gasteiger charge is -2.23. The van der Waals surface area contributed by atoms with Crippen molar-refractivity contribution in [2.24, 2.45) is 0 Å². The van der Waals surface area contributed by atoms with Crippen molar-refractivity contribution >= 4 is 40.4 Å². The molecule has 0 atom stereocenters. The quantitative estimate of drug-likeness (QED) is 0.381. The minimum atomic E-state index is -4.69. The first-order valence-corrected chi connectivity index (χ1v) is 10.3. The zero-order chi connectivity index (χ0) is 22.6. The van der Waals surface area contributed by atoms with Gasteiger partial charge in [-0.25, -0.2) is 9.50 Å². The predicted molar refractivity (Wildman–Crippen MR) is 115 cm³/mol. The van der Waals surface area contributed by atoms with E-state index < -0.39 is 17.8 Å². The third kappa shape index (κ3) is 3.40. The Hall–Kier alpha value is -3.10. The topological polar surface area (TPSA) is 59.3 Å². The summed E-state index contributed by atoms with van der Waals surface area (Å²) in [4.78, 5) is 17.2. The molecule has 2 aromatic heterocycles. The molecular weight excluding hydrogens is 464 g/mol. The Kier molecular flexibility index (Phi) is 4.87. The van der Waals surface area contributed by atoms with Crippen LogP contribution in [0.2, 0.25) is 10.0 Å². The number of rotatable bonds is 2. The SMILES string of the molecule is O=C(Nc1c(Cl)cccc1Cl)c1cc2nc3c(c(C(F)(F)F)n2n1)CCc1ccccc1-3. The molecule has 1 aliphatic rings. The Morgan fingerprint density at radius 3 is 2.47 bits per heavy atom. The Morgan fingerprint density at radius 1 is 1.03 bits per heavy atom. The molecule has 0 radical (unpaired) electrons. The second-order valence-electron chi connectivity index (χ2n) is 7.29. The molecule has 0 bridgehead atoms. The molecule has 0 unspecified atom stereocenters. The molecular formula is C22H13Cl2F3N4O. The number of carbonyl (C=O) groups is 1. The highest BCUT2D eigenvalue weighted by molar-refractivity contribution is 6.40. The van der Waals surface area contributed by atoms with Crippen LogP contribution in [-0.4, -0.2) is 20.5 Å². The van der Waals surface area contributed by atoms with E-state index in [4.69, 9.17) is 23.2 Å². The predicted octanol–water partition coefficient (Wildman–Crippen LogP) is 6.07. The number of anilines is 1. The molecule has 5 nitrogen and oxygen atoms in total. The molecule has 1 aliphatic carbocycles. The molecule has 162 valence electrons. The van der Waals surface area contributed by atoms with Crippen molar-refractivity contribution in [3.8, 4) is 11.3 Å². The first-order chi connectivity index (χ1) is 15.2. The zero-order valence-corrected chi connectivity index (χ0v) is 17.7. The van der Waals surface area contributed by atoms with Gasteiger partial charge >= 0.3 is 6.18 Å². The van der Waals surface area contributed by atoms with Gasteiger partial charge in [0.15, 0.2) is 17.0 Å². The number of para-hydroxylation sites is 1. The number of benzene rings is 2. The Labute approximate surface area is 189 Å². The van der Waals surface area contributed by atoms with Gasteiger partial charge in [-0.05, 0) is 30.5 Å². The number of nitrogens with one attached hydrogen (secondary N) is 1. The highest BCUT2D eigenvalue weighted by Crippen LogP contribution is 2.40. The number of alkyl halides is 3. The zero-order valence-electron chi connectivity index (χ0n) is 16.2. The van der Waals surface area contributed by atoms with Crippen molar-refractivity contribution in [2.75, 3.05) is 5.32 Å². The fourth-order valence-electron chi connectivity index (χ4n) is 3.92. The molecule has 0 aliphatic heterocycles. The molecule has 2 heterocycles. The Balaban J connectivity index is 1.67. The monoisotopic (exact) mass is 476 g/mol. The minimum absolute atomic E-state index is 0.0629. The molecule has 5 rings (SSSR count). The van der Waals surface area contributed by atoms with Crippen LogP contribution in [0.1, 0.15) is 27.3 Å². The van der Waals surface area contributed by atoms with Crippen molar-refractivity contribution in [3.05, 3.63) is 81.1 Å². The fourth-order valence-corrected chi connectivity index (χ4v) is 4.41. The number of aromatic nitrogens is 3. The molecule has 1 N–H and O–H groups in total. The van der Waals surface area contributed by atoms with Crippen LogP contribution in [0.5, 0.6) is 0 Å². The number of nitrogens with zero attached hydrogens (tertiary/aromatic N) is 3. The van der Waals surface area contributed by atoms with E-state index in [0.717, 1.165) is 5.56 Å². The van der Waals surface area contributed by atoms with Gasteiger partial charge in [0.2, 0.25) is 0 Å². The molecule has 32 heavy (non-hydrogen) atoms. The maximum atomic E-state index is 14.1. The summed E-state index contributed by atoms with van der Waals surface area (Å²) in [6.07, 6.45) is -4.07. The van der Waals surface area contributed by atoms with Crippen LogP contribution in [0, 0.1) is 0 Å². The second-order valence-corrected chi connectivity index (χ2v) is 8.11. The smallest absolute Gasteiger partial charge is 0.318 e. The number of hydrogen-bond acceptors (Lipinski definition) is 3. The first kappa shape index (κ1) is 20.8. The van der Waals surface area contributed by atoms with E-state index in [9.17, 15) is 18.0 Å². The summed E-state index contributed by atoms with van der Waals surface area (Å²) in [6, 6.07) is 13.1. The van der Waals surface area contributed by atoms with Gasteiger partial charge in [-0.2, -0.15) is 18.3 Å². The van der Waals surface area contributed by atoms with E-state index in [-0.39, 0.29) is 44.8 Å². The fraction of sp³-hybridized carbons (Fsp3) is 0.136. The summed E-state index contributed by atoms with van der Waals surface area (Å²) in [5.41, 5.74) is 0.794. The molecule has 0 saturated heterocycles. The van der Waals surface area contributed by atoms with Gasteiger partial charge in [0.1, 0.15) is 0 Å².